The molecule has 0 saturated carbocycles. The van der Waals surface area contributed by atoms with Gasteiger partial charge in [-0.25, -0.2) is 4.79 Å². The Balaban J connectivity index is 2.66. The lowest BCUT2D eigenvalue weighted by molar-refractivity contribution is -0.301. The Kier molecular flexibility index (Phi) is 51.7. The third-order valence-corrected chi connectivity index (χ3v) is 14.1. The van der Waals surface area contributed by atoms with Crippen molar-refractivity contribution in [2.24, 2.45) is 0 Å². The first-order valence-corrected chi connectivity index (χ1v) is 32.2. The maximum Gasteiger partial charge on any atom is 0.335 e. The molecule has 12 heteroatoms. The van der Waals surface area contributed by atoms with E-state index in [0.29, 0.717) is 19.3 Å². The Bertz CT molecular complexity index is 1780. The summed E-state index contributed by atoms with van der Waals surface area (Å²) in [4.78, 5) is 51.3. The van der Waals surface area contributed by atoms with E-state index in [1.807, 2.05) is 0 Å². The van der Waals surface area contributed by atoms with Crippen LogP contribution in [0.4, 0.5) is 0 Å². The van der Waals surface area contributed by atoms with E-state index in [1.54, 1.807) is 0 Å². The highest BCUT2D eigenvalue weighted by molar-refractivity contribution is 5.74. The van der Waals surface area contributed by atoms with Crippen LogP contribution in [0.1, 0.15) is 265 Å². The summed E-state index contributed by atoms with van der Waals surface area (Å²) in [6.07, 6.45) is 62.3. The van der Waals surface area contributed by atoms with Crippen LogP contribution in [0.3, 0.4) is 0 Å². The Morgan fingerprint density at radius 3 is 1.21 bits per heavy atom. The summed E-state index contributed by atoms with van der Waals surface area (Å²) in [7, 11) is 0. The SMILES string of the molecule is CC/C=C\C/C=C\C/C=C\C/C=C\CCCCCCCCC(=O)OC1C(OCC(COC(=O)CCCCCCCCCCC/C=C\CCCCCCCC)OC(=O)CCCCC/C=C\C/C=C\C/C=C\CC)OC(C(=O)O)C(O)C1O. The molecule has 0 aromatic carbocycles. The maximum atomic E-state index is 13.2. The van der Waals surface area contributed by atoms with Crippen molar-refractivity contribution in [3.8, 4) is 0 Å². The van der Waals surface area contributed by atoms with Crippen LogP contribution in [0.5, 0.6) is 0 Å². The molecule has 1 aliphatic rings. The largest absolute Gasteiger partial charge is 0.479 e. The number of carboxylic acid groups (broad SMARTS) is 1. The fourth-order valence-electron chi connectivity index (χ4n) is 9.25. The molecule has 0 aromatic heterocycles. The number of allylic oxidation sites excluding steroid dienone is 16. The average molecular weight is 1140 g/mol. The second kappa shape index (κ2) is 56.1. The predicted octanol–water partition coefficient (Wildman–Crippen LogP) is 17.2. The van der Waals surface area contributed by atoms with E-state index in [9.17, 15) is 34.5 Å². The van der Waals surface area contributed by atoms with Crippen LogP contribution in [0, 0.1) is 0 Å². The average Bonchev–Trinajstić information content (AvgIpc) is 3.54. The molecule has 0 radical (unpaired) electrons. The van der Waals surface area contributed by atoms with Crippen LogP contribution in [-0.4, -0.2) is 89.2 Å². The van der Waals surface area contributed by atoms with E-state index in [0.717, 1.165) is 122 Å². The highest BCUT2D eigenvalue weighted by atomic mass is 16.7. The molecule has 0 aromatic rings. The molecule has 1 aliphatic heterocycles. The molecule has 1 heterocycles. The van der Waals surface area contributed by atoms with E-state index in [4.69, 9.17) is 23.7 Å². The fourth-order valence-corrected chi connectivity index (χ4v) is 9.25. The van der Waals surface area contributed by atoms with E-state index in [-0.39, 0.29) is 25.9 Å². The molecule has 1 rings (SSSR count). The Labute approximate surface area is 492 Å². The van der Waals surface area contributed by atoms with E-state index in [1.165, 1.54) is 83.5 Å². The van der Waals surface area contributed by atoms with Gasteiger partial charge in [0.2, 0.25) is 0 Å². The molecule has 0 aliphatic carbocycles. The summed E-state index contributed by atoms with van der Waals surface area (Å²) in [5.41, 5.74) is 0. The van der Waals surface area contributed by atoms with E-state index in [2.05, 4.69) is 118 Å². The lowest BCUT2D eigenvalue weighted by Crippen LogP contribution is -2.61. The predicted molar refractivity (Wildman–Crippen MR) is 331 cm³/mol. The zero-order chi connectivity index (χ0) is 58.9. The number of aliphatic hydroxyl groups excluding tert-OH is 2. The molecule has 1 saturated heterocycles. The standard InChI is InChI=1S/C69H114O12/c1-4-7-10-13-16-19-22-25-27-29-31-33-35-38-40-43-46-49-52-55-61(70)77-58-60(79-62(71)56-53-50-47-44-41-37-24-21-18-15-12-9-6-3)59-78-69-67(65(74)64(73)66(81-69)68(75)76)80-63(72)57-54-51-48-45-42-39-36-34-32-30-28-26-23-20-17-14-11-8-5-2/h8-9,11-12,17-18,20-21,25-28,32,34,37,41,60,64-67,69,73-74H,4-7,10,13-16,19,22-24,29-31,33,35-36,38-40,42-59H2,1-3H3,(H,75,76)/b11-8-,12-9-,20-17-,21-18-,27-25-,28-26-,34-32-,41-37-. The van der Waals surface area contributed by atoms with Gasteiger partial charge in [-0.3, -0.25) is 14.4 Å². The van der Waals surface area contributed by atoms with E-state index < -0.39 is 67.3 Å². The number of rotatable bonds is 54. The van der Waals surface area contributed by atoms with Crippen LogP contribution in [0.15, 0.2) is 97.2 Å². The van der Waals surface area contributed by atoms with Crippen molar-refractivity contribution in [2.75, 3.05) is 13.2 Å². The number of aliphatic hydroxyl groups is 2. The molecule has 0 amide bonds. The molecule has 462 valence electrons. The summed E-state index contributed by atoms with van der Waals surface area (Å²) in [6, 6.07) is 0. The second-order valence-electron chi connectivity index (χ2n) is 21.6. The number of unbranched alkanes of at least 4 members (excludes halogenated alkanes) is 24. The third kappa shape index (κ3) is 45.8. The quantitative estimate of drug-likeness (QED) is 0.0228. The van der Waals surface area contributed by atoms with Gasteiger partial charge in [-0.15, -0.1) is 0 Å². The van der Waals surface area contributed by atoms with Gasteiger partial charge in [0, 0.05) is 19.3 Å². The number of hydrogen-bond acceptors (Lipinski definition) is 11. The smallest absolute Gasteiger partial charge is 0.335 e. The van der Waals surface area contributed by atoms with Crippen LogP contribution in [0.25, 0.3) is 0 Å². The summed E-state index contributed by atoms with van der Waals surface area (Å²) in [5.74, 6) is -3.18. The van der Waals surface area contributed by atoms with Gasteiger partial charge in [-0.2, -0.15) is 0 Å². The molecule has 3 N–H and O–H groups in total. The van der Waals surface area contributed by atoms with Gasteiger partial charge in [-0.05, 0) is 116 Å². The molecule has 0 spiro atoms. The Morgan fingerprint density at radius 1 is 0.420 bits per heavy atom. The minimum absolute atomic E-state index is 0.0368. The van der Waals surface area contributed by atoms with Gasteiger partial charge >= 0.3 is 23.9 Å². The number of ether oxygens (including phenoxy) is 5. The monoisotopic (exact) mass is 1130 g/mol. The summed E-state index contributed by atoms with van der Waals surface area (Å²) < 4.78 is 28.5. The van der Waals surface area contributed by atoms with E-state index >= 15 is 0 Å². The van der Waals surface area contributed by atoms with Crippen LogP contribution < -0.4 is 0 Å². The van der Waals surface area contributed by atoms with Gasteiger partial charge < -0.3 is 39.0 Å². The van der Waals surface area contributed by atoms with Crippen LogP contribution in [0.2, 0.25) is 0 Å². The molecule has 6 unspecified atom stereocenters. The second-order valence-corrected chi connectivity index (χ2v) is 21.6. The number of aliphatic carboxylic acids is 1. The lowest BCUT2D eigenvalue weighted by atomic mass is 9.98. The van der Waals surface area contributed by atoms with Gasteiger partial charge in [0.15, 0.2) is 24.6 Å². The number of hydrogen-bond donors (Lipinski definition) is 3. The molecule has 12 nitrogen and oxygen atoms in total. The number of carbonyl (C=O) groups is 4. The number of carboxylic acids is 1. The van der Waals surface area contributed by atoms with Gasteiger partial charge in [0.1, 0.15) is 18.8 Å². The third-order valence-electron chi connectivity index (χ3n) is 14.1. The summed E-state index contributed by atoms with van der Waals surface area (Å²) in [5, 5.41) is 31.6. The van der Waals surface area contributed by atoms with Gasteiger partial charge in [-0.1, -0.05) is 227 Å². The number of esters is 3. The molecule has 1 fully saturated rings. The number of carbonyl (C=O) groups excluding carboxylic acids is 3. The Morgan fingerprint density at radius 2 is 0.778 bits per heavy atom. The molecule has 0 bridgehead atoms. The highest BCUT2D eigenvalue weighted by Gasteiger charge is 2.50. The molecular formula is C69H114O12. The zero-order valence-corrected chi connectivity index (χ0v) is 51.0. The van der Waals surface area contributed by atoms with Crippen molar-refractivity contribution in [3.05, 3.63) is 97.2 Å². The lowest BCUT2D eigenvalue weighted by Gasteiger charge is -2.40. The van der Waals surface area contributed by atoms with Gasteiger partial charge in [0.25, 0.3) is 0 Å². The van der Waals surface area contributed by atoms with Crippen LogP contribution in [-0.2, 0) is 42.9 Å². The first-order valence-electron chi connectivity index (χ1n) is 32.2. The van der Waals surface area contributed by atoms with Crippen molar-refractivity contribution in [2.45, 2.75) is 302 Å². The van der Waals surface area contributed by atoms with Crippen molar-refractivity contribution in [3.63, 3.8) is 0 Å². The van der Waals surface area contributed by atoms with Crippen molar-refractivity contribution in [1.82, 2.24) is 0 Å². The minimum atomic E-state index is -1.92. The normalized spacial score (nSPS) is 18.4. The fraction of sp³-hybridized carbons (Fsp3) is 0.710. The zero-order valence-electron chi connectivity index (χ0n) is 51.0. The highest BCUT2D eigenvalue weighted by Crippen LogP contribution is 2.26. The van der Waals surface area contributed by atoms with Crippen molar-refractivity contribution < 1.29 is 58.2 Å². The van der Waals surface area contributed by atoms with Crippen molar-refractivity contribution in [1.29, 1.82) is 0 Å². The maximum absolute atomic E-state index is 13.2. The Hall–Kier alpha value is -4.36. The summed E-state index contributed by atoms with van der Waals surface area (Å²) in [6.45, 7) is 5.75. The van der Waals surface area contributed by atoms with Crippen molar-refractivity contribution >= 4 is 23.9 Å². The molecule has 81 heavy (non-hydrogen) atoms. The minimum Gasteiger partial charge on any atom is -0.479 e. The first-order chi connectivity index (χ1) is 39.6. The topological polar surface area (TPSA) is 175 Å². The van der Waals surface area contributed by atoms with Gasteiger partial charge in [0.05, 0.1) is 6.61 Å². The molecule has 6 atom stereocenters. The van der Waals surface area contributed by atoms with Crippen LogP contribution >= 0.6 is 0 Å². The molecular weight excluding hydrogens is 1020 g/mol. The summed E-state index contributed by atoms with van der Waals surface area (Å²) >= 11 is 0. The first kappa shape index (κ1) is 74.7.